The van der Waals surface area contributed by atoms with Gasteiger partial charge < -0.3 is 10.6 Å². The maximum Gasteiger partial charge on any atom is 0.251 e. The lowest BCUT2D eigenvalue weighted by atomic mass is 10.1. The number of sulfone groups is 1. The van der Waals surface area contributed by atoms with Gasteiger partial charge in [-0.25, -0.2) is 8.42 Å². The number of hydrogen-bond acceptors (Lipinski definition) is 4. The first kappa shape index (κ1) is 19.7. The molecule has 0 fully saturated rings. The van der Waals surface area contributed by atoms with Gasteiger partial charge in [0, 0.05) is 18.4 Å². The van der Waals surface area contributed by atoms with Gasteiger partial charge in [-0.05, 0) is 24.1 Å². The summed E-state index contributed by atoms with van der Waals surface area (Å²) in [5, 5.41) is 5.37. The Balaban J connectivity index is 2.04. The predicted molar refractivity (Wildman–Crippen MR) is 100 cm³/mol. The maximum absolute atomic E-state index is 12.5. The first-order valence-corrected chi connectivity index (χ1v) is 10.3. The van der Waals surface area contributed by atoms with E-state index in [9.17, 15) is 18.0 Å². The molecule has 2 rings (SSSR count). The molecular formula is C19H22N2O4S. The van der Waals surface area contributed by atoms with Gasteiger partial charge in [0.2, 0.25) is 5.91 Å². The Morgan fingerprint density at radius 2 is 1.54 bits per heavy atom. The molecule has 7 heteroatoms. The summed E-state index contributed by atoms with van der Waals surface area (Å²) in [6.45, 7) is 0.302. The third-order valence-electron chi connectivity index (χ3n) is 3.74. The van der Waals surface area contributed by atoms with Crippen LogP contribution < -0.4 is 10.6 Å². The minimum atomic E-state index is -3.25. The monoisotopic (exact) mass is 374 g/mol. The van der Waals surface area contributed by atoms with Crippen molar-refractivity contribution in [3.05, 3.63) is 71.8 Å². The molecule has 6 nitrogen and oxygen atoms in total. The van der Waals surface area contributed by atoms with E-state index in [1.807, 2.05) is 30.3 Å². The fraction of sp³-hybridized carbons (Fsp3) is 0.263. The van der Waals surface area contributed by atoms with Crippen molar-refractivity contribution < 1.29 is 18.0 Å². The van der Waals surface area contributed by atoms with Gasteiger partial charge in [0.25, 0.3) is 5.91 Å². The first-order chi connectivity index (χ1) is 12.3. The Morgan fingerprint density at radius 1 is 0.962 bits per heavy atom. The normalized spacial score (nSPS) is 12.2. The SMILES string of the molecule is CS(=O)(=O)CC[C@@H](NC(=O)c1ccccc1)C(=O)NCc1ccccc1. The van der Waals surface area contributed by atoms with Gasteiger partial charge in [0.15, 0.2) is 0 Å². The second-order valence-corrected chi connectivity index (χ2v) is 8.27. The smallest absolute Gasteiger partial charge is 0.251 e. The van der Waals surface area contributed by atoms with E-state index in [0.29, 0.717) is 12.1 Å². The molecule has 0 aliphatic rings. The highest BCUT2D eigenvalue weighted by molar-refractivity contribution is 7.90. The third kappa shape index (κ3) is 6.68. The Bertz CT molecular complexity index is 836. The lowest BCUT2D eigenvalue weighted by Gasteiger charge is -2.18. The molecule has 0 spiro atoms. The van der Waals surface area contributed by atoms with Crippen LogP contribution in [0.15, 0.2) is 60.7 Å². The molecule has 2 N–H and O–H groups in total. The molecule has 0 saturated heterocycles. The molecule has 0 aromatic heterocycles. The van der Waals surface area contributed by atoms with E-state index in [2.05, 4.69) is 10.6 Å². The molecule has 138 valence electrons. The summed E-state index contributed by atoms with van der Waals surface area (Å²) in [5.41, 5.74) is 1.32. The Hall–Kier alpha value is -2.67. The second kappa shape index (κ2) is 9.15. The third-order valence-corrected chi connectivity index (χ3v) is 4.72. The van der Waals surface area contributed by atoms with Crippen molar-refractivity contribution in [3.63, 3.8) is 0 Å². The average Bonchev–Trinajstić information content (AvgIpc) is 2.63. The zero-order valence-corrected chi connectivity index (χ0v) is 15.3. The summed E-state index contributed by atoms with van der Waals surface area (Å²) >= 11 is 0. The second-order valence-electron chi connectivity index (χ2n) is 6.01. The van der Waals surface area contributed by atoms with E-state index in [4.69, 9.17) is 0 Å². The quantitative estimate of drug-likeness (QED) is 0.733. The molecule has 0 heterocycles. The lowest BCUT2D eigenvalue weighted by Crippen LogP contribution is -2.47. The topological polar surface area (TPSA) is 92.3 Å². The van der Waals surface area contributed by atoms with Crippen LogP contribution in [0.25, 0.3) is 0 Å². The summed E-state index contributed by atoms with van der Waals surface area (Å²) < 4.78 is 22.9. The van der Waals surface area contributed by atoms with Gasteiger partial charge in [0.05, 0.1) is 5.75 Å². The number of hydrogen-bond donors (Lipinski definition) is 2. The molecule has 0 unspecified atom stereocenters. The van der Waals surface area contributed by atoms with Crippen LogP contribution in [-0.2, 0) is 21.2 Å². The molecule has 2 amide bonds. The average molecular weight is 374 g/mol. The highest BCUT2D eigenvalue weighted by Gasteiger charge is 2.22. The summed E-state index contributed by atoms with van der Waals surface area (Å²) in [6, 6.07) is 16.9. The maximum atomic E-state index is 12.5. The van der Waals surface area contributed by atoms with Crippen molar-refractivity contribution in [2.24, 2.45) is 0 Å². The standard InChI is InChI=1S/C19H22N2O4S/c1-26(24,25)13-12-17(21-18(22)16-10-6-3-7-11-16)19(23)20-14-15-8-4-2-5-9-15/h2-11,17H,12-14H2,1H3,(H,20,23)(H,21,22)/t17-/m1/s1. The Morgan fingerprint density at radius 3 is 2.12 bits per heavy atom. The van der Waals surface area contributed by atoms with E-state index < -0.39 is 27.7 Å². The van der Waals surface area contributed by atoms with Crippen molar-refractivity contribution in [1.29, 1.82) is 0 Å². The molecule has 2 aromatic carbocycles. The zero-order chi connectivity index (χ0) is 19.0. The van der Waals surface area contributed by atoms with Gasteiger partial charge in [-0.1, -0.05) is 48.5 Å². The molecule has 0 saturated carbocycles. The van der Waals surface area contributed by atoms with Gasteiger partial charge >= 0.3 is 0 Å². The van der Waals surface area contributed by atoms with Crippen LogP contribution >= 0.6 is 0 Å². The molecular weight excluding hydrogens is 352 g/mol. The molecule has 26 heavy (non-hydrogen) atoms. The summed E-state index contributed by atoms with van der Waals surface area (Å²) in [4.78, 5) is 24.8. The fourth-order valence-corrected chi connectivity index (χ4v) is 3.00. The molecule has 0 aliphatic carbocycles. The fourth-order valence-electron chi connectivity index (χ4n) is 2.34. The molecule has 0 aliphatic heterocycles. The lowest BCUT2D eigenvalue weighted by molar-refractivity contribution is -0.123. The van der Waals surface area contributed by atoms with Crippen LogP contribution in [0.1, 0.15) is 22.3 Å². The number of carbonyl (C=O) groups excluding carboxylic acids is 2. The predicted octanol–water partition coefficient (Wildman–Crippen LogP) is 1.54. The highest BCUT2D eigenvalue weighted by atomic mass is 32.2. The van der Waals surface area contributed by atoms with E-state index in [-0.39, 0.29) is 12.2 Å². The minimum Gasteiger partial charge on any atom is -0.350 e. The number of benzene rings is 2. The molecule has 1 atom stereocenters. The summed E-state index contributed by atoms with van der Waals surface area (Å²) in [5.74, 6) is -1.02. The van der Waals surface area contributed by atoms with Crippen molar-refractivity contribution in [3.8, 4) is 0 Å². The Labute approximate surface area is 153 Å². The van der Waals surface area contributed by atoms with Crippen molar-refractivity contribution in [2.75, 3.05) is 12.0 Å². The van der Waals surface area contributed by atoms with Gasteiger partial charge in [-0.3, -0.25) is 9.59 Å². The first-order valence-electron chi connectivity index (χ1n) is 8.20. The van der Waals surface area contributed by atoms with E-state index >= 15 is 0 Å². The number of rotatable bonds is 8. The van der Waals surface area contributed by atoms with Crippen LogP contribution in [0.5, 0.6) is 0 Å². The van der Waals surface area contributed by atoms with Crippen molar-refractivity contribution in [2.45, 2.75) is 19.0 Å². The van der Waals surface area contributed by atoms with Crippen LogP contribution in [0.4, 0.5) is 0 Å². The van der Waals surface area contributed by atoms with Crippen LogP contribution in [-0.4, -0.2) is 38.3 Å². The van der Waals surface area contributed by atoms with Crippen molar-refractivity contribution >= 4 is 21.7 Å². The number of amides is 2. The van der Waals surface area contributed by atoms with E-state index in [1.165, 1.54) is 0 Å². The van der Waals surface area contributed by atoms with Crippen LogP contribution in [0.3, 0.4) is 0 Å². The van der Waals surface area contributed by atoms with Crippen LogP contribution in [0, 0.1) is 0 Å². The van der Waals surface area contributed by atoms with Gasteiger partial charge in [-0.2, -0.15) is 0 Å². The zero-order valence-electron chi connectivity index (χ0n) is 14.5. The molecule has 2 aromatic rings. The van der Waals surface area contributed by atoms with Crippen molar-refractivity contribution in [1.82, 2.24) is 10.6 Å². The van der Waals surface area contributed by atoms with Crippen LogP contribution in [0.2, 0.25) is 0 Å². The summed E-state index contributed by atoms with van der Waals surface area (Å²) in [6.07, 6.45) is 1.11. The van der Waals surface area contributed by atoms with E-state index in [0.717, 1.165) is 11.8 Å². The Kier molecular flexibility index (Phi) is 6.91. The largest absolute Gasteiger partial charge is 0.350 e. The minimum absolute atomic E-state index is 0.0119. The van der Waals surface area contributed by atoms with E-state index in [1.54, 1.807) is 30.3 Å². The molecule has 0 bridgehead atoms. The van der Waals surface area contributed by atoms with Gasteiger partial charge in [-0.15, -0.1) is 0 Å². The number of carbonyl (C=O) groups is 2. The number of nitrogens with one attached hydrogen (secondary N) is 2. The highest BCUT2D eigenvalue weighted by Crippen LogP contribution is 2.04. The molecule has 0 radical (unpaired) electrons. The van der Waals surface area contributed by atoms with Gasteiger partial charge in [0.1, 0.15) is 15.9 Å². The summed E-state index contributed by atoms with van der Waals surface area (Å²) in [7, 11) is -3.25.